The van der Waals surface area contributed by atoms with Crippen LogP contribution >= 0.6 is 0 Å². The molecule has 1 N–H and O–H groups in total. The number of rotatable bonds is 5. The predicted molar refractivity (Wildman–Crippen MR) is 132 cm³/mol. The van der Waals surface area contributed by atoms with Gasteiger partial charge in [-0.3, -0.25) is 4.79 Å². The summed E-state index contributed by atoms with van der Waals surface area (Å²) in [4.78, 5) is 25.3. The number of likely N-dealkylation sites (tertiary alicyclic amines) is 1. The summed E-state index contributed by atoms with van der Waals surface area (Å²) < 4.78 is 58.6. The third-order valence-corrected chi connectivity index (χ3v) is 7.71. The van der Waals surface area contributed by atoms with E-state index in [9.17, 15) is 27.9 Å². The van der Waals surface area contributed by atoms with Gasteiger partial charge in [0, 0.05) is 36.3 Å². The number of aryl methyl sites for hydroxylation is 1. The summed E-state index contributed by atoms with van der Waals surface area (Å²) in [6, 6.07) is 6.22. The number of pyridine rings is 1. The van der Waals surface area contributed by atoms with Crippen LogP contribution in [0.25, 0.3) is 11.3 Å². The quantitative estimate of drug-likeness (QED) is 0.611. The Morgan fingerprint density at radius 3 is 2.74 bits per heavy atom. The monoisotopic (exact) mass is 536 g/mol. The van der Waals surface area contributed by atoms with Gasteiger partial charge in [0.25, 0.3) is 0 Å². The van der Waals surface area contributed by atoms with E-state index in [1.807, 2.05) is 22.8 Å². The molecule has 0 radical (unpaired) electrons. The first-order chi connectivity index (χ1) is 18.1. The molecule has 11 heteroatoms. The van der Waals surface area contributed by atoms with E-state index in [2.05, 4.69) is 0 Å². The van der Waals surface area contributed by atoms with Crippen molar-refractivity contribution >= 4 is 6.09 Å². The molecule has 3 aliphatic rings. The number of carbonyl (C=O) groups is 1. The second-order valence-electron chi connectivity index (χ2n) is 10.2. The average molecular weight is 537 g/mol. The molecule has 2 saturated heterocycles. The zero-order valence-electron chi connectivity index (χ0n) is 21.1. The molecule has 8 nitrogen and oxygen atoms in total. The van der Waals surface area contributed by atoms with E-state index in [1.54, 1.807) is 6.92 Å². The lowest BCUT2D eigenvalue weighted by Crippen LogP contribution is -2.46. The summed E-state index contributed by atoms with van der Waals surface area (Å²) in [5, 5.41) is 9.40. The van der Waals surface area contributed by atoms with E-state index < -0.39 is 24.7 Å². The number of alkyl halides is 3. The highest BCUT2D eigenvalue weighted by Gasteiger charge is 2.40. The van der Waals surface area contributed by atoms with Crippen LogP contribution < -0.4 is 10.2 Å². The van der Waals surface area contributed by atoms with Crippen molar-refractivity contribution in [1.82, 2.24) is 9.47 Å². The molecule has 2 aromatic rings. The van der Waals surface area contributed by atoms with Crippen molar-refractivity contribution in [3.63, 3.8) is 0 Å². The summed E-state index contributed by atoms with van der Waals surface area (Å²) in [7, 11) is 0. The second-order valence-corrected chi connectivity index (χ2v) is 10.2. The molecule has 0 spiro atoms. The highest BCUT2D eigenvalue weighted by Crippen LogP contribution is 2.40. The fraction of sp³-hybridized carbons (Fsp3) is 0.556. The van der Waals surface area contributed by atoms with Crippen LogP contribution in [0.4, 0.5) is 18.0 Å². The molecule has 3 aliphatic heterocycles. The van der Waals surface area contributed by atoms with Gasteiger partial charge in [-0.1, -0.05) is 18.2 Å². The van der Waals surface area contributed by atoms with Gasteiger partial charge in [0.2, 0.25) is 0 Å². The van der Waals surface area contributed by atoms with Crippen molar-refractivity contribution < 1.29 is 37.3 Å². The third-order valence-electron chi connectivity index (χ3n) is 7.71. The maximum Gasteiger partial charge on any atom is 0.407 e. The normalized spacial score (nSPS) is 23.5. The topological polar surface area (TPSA) is 90.2 Å². The van der Waals surface area contributed by atoms with Crippen molar-refractivity contribution in [2.75, 3.05) is 33.0 Å². The minimum Gasteiger partial charge on any atom is -0.476 e. The van der Waals surface area contributed by atoms with Crippen LogP contribution in [0.1, 0.15) is 41.9 Å². The van der Waals surface area contributed by atoms with Gasteiger partial charge in [-0.25, -0.2) is 4.79 Å². The molecular formula is C27H31F3N2O6. The number of carboxylic acid groups (broad SMARTS) is 1. The van der Waals surface area contributed by atoms with Crippen LogP contribution in [0.15, 0.2) is 29.1 Å². The van der Waals surface area contributed by atoms with Gasteiger partial charge in [-0.15, -0.1) is 0 Å². The van der Waals surface area contributed by atoms with E-state index in [1.165, 1.54) is 6.07 Å². The zero-order chi connectivity index (χ0) is 27.0. The highest BCUT2D eigenvalue weighted by molar-refractivity contribution is 5.70. The highest BCUT2D eigenvalue weighted by atomic mass is 19.4. The van der Waals surface area contributed by atoms with Gasteiger partial charge in [0.15, 0.2) is 11.3 Å². The first-order valence-electron chi connectivity index (χ1n) is 12.9. The molecule has 4 heterocycles. The number of amides is 1. The molecule has 0 aliphatic carbocycles. The summed E-state index contributed by atoms with van der Waals surface area (Å²) in [5.41, 5.74) is 4.04. The predicted octanol–water partition coefficient (Wildman–Crippen LogP) is 4.35. The molecule has 0 bridgehead atoms. The lowest BCUT2D eigenvalue weighted by atomic mass is 9.82. The molecule has 5 rings (SSSR count). The molecule has 3 atom stereocenters. The van der Waals surface area contributed by atoms with Crippen LogP contribution in [-0.2, 0) is 22.4 Å². The maximum absolute atomic E-state index is 13.2. The number of benzene rings is 1. The Hall–Kier alpha value is -3.05. The minimum absolute atomic E-state index is 0.0611. The van der Waals surface area contributed by atoms with E-state index in [0.29, 0.717) is 50.7 Å². The van der Waals surface area contributed by atoms with E-state index in [0.717, 1.165) is 27.3 Å². The number of ether oxygens (including phenoxy) is 3. The Labute approximate surface area is 217 Å². The summed E-state index contributed by atoms with van der Waals surface area (Å²) >= 11 is 0. The van der Waals surface area contributed by atoms with Crippen molar-refractivity contribution in [2.24, 2.45) is 0 Å². The number of hydrogen-bond acceptors (Lipinski definition) is 5. The van der Waals surface area contributed by atoms with Gasteiger partial charge in [-0.05, 0) is 43.2 Å². The number of fused-ring (bicyclic) bond motifs is 3. The average Bonchev–Trinajstić information content (AvgIpc) is 2.88. The summed E-state index contributed by atoms with van der Waals surface area (Å²) in [6.07, 6.45) is -5.88. The first kappa shape index (κ1) is 26.6. The van der Waals surface area contributed by atoms with Crippen LogP contribution in [0.5, 0.6) is 5.88 Å². The molecule has 206 valence electrons. The molecular weight excluding hydrogens is 505 g/mol. The lowest BCUT2D eigenvalue weighted by molar-refractivity contribution is -0.148. The van der Waals surface area contributed by atoms with Gasteiger partial charge in [0.05, 0.1) is 31.9 Å². The van der Waals surface area contributed by atoms with Crippen LogP contribution in [0.3, 0.4) is 0 Å². The Bertz CT molecular complexity index is 1250. The number of hydrogen-bond donors (Lipinski definition) is 1. The molecule has 38 heavy (non-hydrogen) atoms. The SMILES string of the molecule is Cc1c2n(c(OC[C@@H]3COCCO3)cc1=O)CCc1cc(C3CCN(C(=O)O)C(CC(F)(F)F)C3)ccc1-2. The number of aromatic nitrogens is 1. The lowest BCUT2D eigenvalue weighted by Gasteiger charge is -2.38. The van der Waals surface area contributed by atoms with Gasteiger partial charge < -0.3 is 28.8 Å². The molecule has 1 aromatic heterocycles. The Morgan fingerprint density at radius 2 is 2.03 bits per heavy atom. The summed E-state index contributed by atoms with van der Waals surface area (Å²) in [6.45, 7) is 4.18. The van der Waals surface area contributed by atoms with Crippen molar-refractivity contribution in [2.45, 2.75) is 63.4 Å². The Balaban J connectivity index is 1.40. The zero-order valence-corrected chi connectivity index (χ0v) is 21.1. The molecule has 2 unspecified atom stereocenters. The minimum atomic E-state index is -4.44. The van der Waals surface area contributed by atoms with Crippen LogP contribution in [0, 0.1) is 6.92 Å². The van der Waals surface area contributed by atoms with Gasteiger partial charge in [-0.2, -0.15) is 13.2 Å². The van der Waals surface area contributed by atoms with Crippen LogP contribution in [0.2, 0.25) is 0 Å². The number of nitrogens with zero attached hydrogens (tertiary/aromatic N) is 2. The van der Waals surface area contributed by atoms with E-state index >= 15 is 0 Å². The maximum atomic E-state index is 13.2. The Kier molecular flexibility index (Phi) is 7.41. The van der Waals surface area contributed by atoms with Gasteiger partial charge >= 0.3 is 12.3 Å². The summed E-state index contributed by atoms with van der Waals surface area (Å²) in [5.74, 6) is 0.288. The molecule has 1 amide bonds. The smallest absolute Gasteiger partial charge is 0.407 e. The van der Waals surface area contributed by atoms with Crippen molar-refractivity contribution in [1.29, 1.82) is 0 Å². The van der Waals surface area contributed by atoms with Gasteiger partial charge in [0.1, 0.15) is 12.7 Å². The van der Waals surface area contributed by atoms with E-state index in [4.69, 9.17) is 14.2 Å². The van der Waals surface area contributed by atoms with Crippen LogP contribution in [-0.4, -0.2) is 72.0 Å². The molecule has 1 aromatic carbocycles. The first-order valence-corrected chi connectivity index (χ1v) is 12.9. The van der Waals surface area contributed by atoms with Crippen molar-refractivity contribution in [3.8, 4) is 17.1 Å². The standard InChI is InChI=1S/C27H31F3N2O6/c1-16-23(33)12-24(38-15-21-14-36-8-9-37-21)32-7-5-19-10-17(2-3-22(19)25(16)32)18-4-6-31(26(34)35)20(11-18)13-27(28,29)30/h2-3,10,12,18,20-21H,4-9,11,13-15H2,1H3,(H,34,35)/t18?,20?,21-/m0/s1. The fourth-order valence-corrected chi connectivity index (χ4v) is 5.83. The molecule has 2 fully saturated rings. The molecule has 0 saturated carbocycles. The Morgan fingerprint density at radius 1 is 1.21 bits per heavy atom. The fourth-order valence-electron chi connectivity index (χ4n) is 5.83. The number of halogens is 3. The second kappa shape index (κ2) is 10.6. The largest absolute Gasteiger partial charge is 0.476 e. The number of piperidine rings is 1. The third kappa shape index (κ3) is 5.54. The van der Waals surface area contributed by atoms with E-state index in [-0.39, 0.29) is 37.0 Å². The van der Waals surface area contributed by atoms with Crippen molar-refractivity contribution in [3.05, 3.63) is 51.2 Å².